The van der Waals surface area contributed by atoms with E-state index < -0.39 is 0 Å². The maximum absolute atomic E-state index is 8.69. The van der Waals surface area contributed by atoms with Gasteiger partial charge in [0.25, 0.3) is 0 Å². The summed E-state index contributed by atoms with van der Waals surface area (Å²) in [5.74, 6) is 0.983. The van der Waals surface area contributed by atoms with E-state index in [0.717, 1.165) is 25.3 Å². The molecule has 1 aliphatic rings. The fraction of sp³-hybridized carbons (Fsp3) is 1.00. The average Bonchev–Trinajstić information content (AvgIpc) is 2.86. The van der Waals surface area contributed by atoms with E-state index in [4.69, 9.17) is 5.11 Å². The highest BCUT2D eigenvalue weighted by Gasteiger charge is 2.24. The molecule has 2 nitrogen and oxygen atoms in total. The first kappa shape index (κ1) is 11.0. The molecular weight excluding hydrogens is 162 g/mol. The third-order valence-electron chi connectivity index (χ3n) is 2.77. The predicted molar refractivity (Wildman–Crippen MR) is 55.8 cm³/mol. The monoisotopic (exact) mass is 185 g/mol. The quantitative estimate of drug-likeness (QED) is 0.612. The van der Waals surface area contributed by atoms with Crippen LogP contribution < -0.4 is 0 Å². The molecule has 2 heteroatoms. The van der Waals surface area contributed by atoms with Crippen molar-refractivity contribution in [1.82, 2.24) is 4.90 Å². The highest BCUT2D eigenvalue weighted by molar-refractivity contribution is 4.78. The number of aliphatic hydroxyl groups excluding tert-OH is 1. The molecule has 0 saturated heterocycles. The van der Waals surface area contributed by atoms with Gasteiger partial charge in [0.1, 0.15) is 0 Å². The second kappa shape index (κ2) is 5.61. The molecule has 0 aromatic carbocycles. The van der Waals surface area contributed by atoms with Crippen LogP contribution in [0, 0.1) is 5.92 Å². The largest absolute Gasteiger partial charge is 0.396 e. The van der Waals surface area contributed by atoms with Crippen molar-refractivity contribution in [3.8, 4) is 0 Å². The van der Waals surface area contributed by atoms with Crippen molar-refractivity contribution in [2.75, 3.05) is 19.7 Å². The smallest absolute Gasteiger partial charge is 0.0431 e. The van der Waals surface area contributed by atoms with Gasteiger partial charge >= 0.3 is 0 Å². The molecule has 1 fully saturated rings. The van der Waals surface area contributed by atoms with Crippen molar-refractivity contribution in [3.05, 3.63) is 0 Å². The lowest BCUT2D eigenvalue weighted by molar-refractivity contribution is 0.198. The Morgan fingerprint density at radius 2 is 2.00 bits per heavy atom. The summed E-state index contributed by atoms with van der Waals surface area (Å²) in [4.78, 5) is 2.55. The summed E-state index contributed by atoms with van der Waals surface area (Å²) in [6, 6.07) is 0.666. The van der Waals surface area contributed by atoms with Gasteiger partial charge < -0.3 is 10.0 Å². The summed E-state index contributed by atoms with van der Waals surface area (Å²) >= 11 is 0. The summed E-state index contributed by atoms with van der Waals surface area (Å²) in [5, 5.41) is 8.69. The first-order valence-electron chi connectivity index (χ1n) is 5.59. The van der Waals surface area contributed by atoms with Gasteiger partial charge in [-0.2, -0.15) is 0 Å². The molecule has 0 aliphatic heterocycles. The molecule has 0 radical (unpaired) electrons. The van der Waals surface area contributed by atoms with Gasteiger partial charge in [-0.25, -0.2) is 0 Å². The van der Waals surface area contributed by atoms with Crippen molar-refractivity contribution in [3.63, 3.8) is 0 Å². The Bertz CT molecular complexity index is 132. The molecule has 0 unspecified atom stereocenters. The first-order chi connectivity index (χ1) is 6.24. The van der Waals surface area contributed by atoms with Crippen molar-refractivity contribution < 1.29 is 5.11 Å². The summed E-state index contributed by atoms with van der Waals surface area (Å²) in [5.41, 5.74) is 0. The van der Waals surface area contributed by atoms with Gasteiger partial charge in [-0.1, -0.05) is 0 Å². The molecule has 0 atom stereocenters. The summed E-state index contributed by atoms with van der Waals surface area (Å²) in [7, 11) is 0. The Hall–Kier alpha value is -0.0800. The zero-order valence-corrected chi connectivity index (χ0v) is 9.00. The summed E-state index contributed by atoms with van der Waals surface area (Å²) in [6.07, 6.45) is 4.96. The lowest BCUT2D eigenvalue weighted by Gasteiger charge is -2.26. The van der Waals surface area contributed by atoms with Crippen LogP contribution >= 0.6 is 0 Å². The first-order valence-corrected chi connectivity index (χ1v) is 5.59. The molecule has 0 bridgehead atoms. The van der Waals surface area contributed by atoms with Gasteiger partial charge in [0.2, 0.25) is 0 Å². The molecule has 0 aromatic heterocycles. The van der Waals surface area contributed by atoms with Crippen LogP contribution in [0.4, 0.5) is 0 Å². The highest BCUT2D eigenvalue weighted by Crippen LogP contribution is 2.30. The van der Waals surface area contributed by atoms with E-state index >= 15 is 0 Å². The van der Waals surface area contributed by atoms with Crippen LogP contribution in [0.5, 0.6) is 0 Å². The third kappa shape index (κ3) is 4.63. The maximum atomic E-state index is 8.69. The standard InChI is InChI=1S/C11H23NO/c1-10(2)12(7-3-4-8-13)9-11-5-6-11/h10-11,13H,3-9H2,1-2H3. The number of rotatable bonds is 7. The minimum Gasteiger partial charge on any atom is -0.396 e. The molecule has 0 heterocycles. The lowest BCUT2D eigenvalue weighted by Crippen LogP contribution is -2.33. The Morgan fingerprint density at radius 3 is 2.46 bits per heavy atom. The van der Waals surface area contributed by atoms with Gasteiger partial charge in [0.15, 0.2) is 0 Å². The average molecular weight is 185 g/mol. The van der Waals surface area contributed by atoms with Crippen molar-refractivity contribution >= 4 is 0 Å². The van der Waals surface area contributed by atoms with E-state index in [2.05, 4.69) is 18.7 Å². The van der Waals surface area contributed by atoms with Crippen molar-refractivity contribution in [2.24, 2.45) is 5.92 Å². The molecule has 1 saturated carbocycles. The Morgan fingerprint density at radius 1 is 1.31 bits per heavy atom. The normalized spacial score (nSPS) is 17.3. The topological polar surface area (TPSA) is 23.5 Å². The highest BCUT2D eigenvalue weighted by atomic mass is 16.2. The number of nitrogens with zero attached hydrogens (tertiary/aromatic N) is 1. The molecule has 13 heavy (non-hydrogen) atoms. The predicted octanol–water partition coefficient (Wildman–Crippen LogP) is 1.88. The molecular formula is C11H23NO. The van der Waals surface area contributed by atoms with E-state index in [1.165, 1.54) is 19.4 Å². The zero-order chi connectivity index (χ0) is 9.68. The number of hydrogen-bond acceptors (Lipinski definition) is 2. The Kier molecular flexibility index (Phi) is 4.74. The van der Waals surface area contributed by atoms with Crippen molar-refractivity contribution in [2.45, 2.75) is 45.6 Å². The van der Waals surface area contributed by atoms with E-state index in [9.17, 15) is 0 Å². The molecule has 0 spiro atoms. The molecule has 0 aromatic rings. The van der Waals surface area contributed by atoms with Gasteiger partial charge in [-0.05, 0) is 52.0 Å². The minimum absolute atomic E-state index is 0.343. The molecule has 1 N–H and O–H groups in total. The molecule has 1 rings (SSSR count). The van der Waals surface area contributed by atoms with Crippen LogP contribution in [0.25, 0.3) is 0 Å². The fourth-order valence-electron chi connectivity index (χ4n) is 1.62. The molecule has 78 valence electrons. The van der Waals surface area contributed by atoms with E-state index in [0.29, 0.717) is 12.6 Å². The van der Waals surface area contributed by atoms with Gasteiger partial charge in [0.05, 0.1) is 0 Å². The Labute approximate surface area is 81.9 Å². The van der Waals surface area contributed by atoms with E-state index in [1.54, 1.807) is 0 Å². The van der Waals surface area contributed by atoms with Gasteiger partial charge in [-0.15, -0.1) is 0 Å². The van der Waals surface area contributed by atoms with E-state index in [-0.39, 0.29) is 0 Å². The minimum atomic E-state index is 0.343. The van der Waals surface area contributed by atoms with Crippen LogP contribution in [0.3, 0.4) is 0 Å². The lowest BCUT2D eigenvalue weighted by atomic mass is 10.2. The second-order valence-corrected chi connectivity index (χ2v) is 4.46. The van der Waals surface area contributed by atoms with Crippen LogP contribution in [0.2, 0.25) is 0 Å². The number of unbranched alkanes of at least 4 members (excludes halogenated alkanes) is 1. The fourth-order valence-corrected chi connectivity index (χ4v) is 1.62. The SMILES string of the molecule is CC(C)N(CCCCO)CC1CC1. The van der Waals surface area contributed by atoms with Crippen LogP contribution in [0.1, 0.15) is 39.5 Å². The van der Waals surface area contributed by atoms with Gasteiger partial charge in [0, 0.05) is 19.2 Å². The number of aliphatic hydroxyl groups is 1. The second-order valence-electron chi connectivity index (χ2n) is 4.46. The summed E-state index contributed by atoms with van der Waals surface area (Å²) in [6.45, 7) is 7.32. The number of hydrogen-bond donors (Lipinski definition) is 1. The van der Waals surface area contributed by atoms with Crippen LogP contribution in [-0.2, 0) is 0 Å². The van der Waals surface area contributed by atoms with E-state index in [1.807, 2.05) is 0 Å². The maximum Gasteiger partial charge on any atom is 0.0431 e. The third-order valence-corrected chi connectivity index (χ3v) is 2.77. The molecule has 1 aliphatic carbocycles. The Balaban J connectivity index is 2.12. The molecule has 0 amide bonds. The van der Waals surface area contributed by atoms with Crippen molar-refractivity contribution in [1.29, 1.82) is 0 Å². The zero-order valence-electron chi connectivity index (χ0n) is 9.00. The van der Waals surface area contributed by atoms with Crippen LogP contribution in [0.15, 0.2) is 0 Å². The van der Waals surface area contributed by atoms with Gasteiger partial charge in [-0.3, -0.25) is 0 Å². The summed E-state index contributed by atoms with van der Waals surface area (Å²) < 4.78 is 0. The van der Waals surface area contributed by atoms with Crippen LogP contribution in [-0.4, -0.2) is 35.7 Å².